The minimum atomic E-state index is -0.427. The van der Waals surface area contributed by atoms with Gasteiger partial charge >= 0.3 is 5.97 Å². The number of halogens is 1. The minimum absolute atomic E-state index is 0.384. The molecule has 0 aromatic heterocycles. The van der Waals surface area contributed by atoms with E-state index in [0.717, 1.165) is 11.1 Å². The van der Waals surface area contributed by atoms with Crippen molar-refractivity contribution in [2.24, 2.45) is 0 Å². The molecular weight excluding hydrogens is 364 g/mol. The molecule has 3 rings (SSSR count). The van der Waals surface area contributed by atoms with Crippen LogP contribution in [0.25, 0.3) is 0 Å². The Morgan fingerprint density at radius 1 is 1.26 bits per heavy atom. The summed E-state index contributed by atoms with van der Waals surface area (Å²) in [6, 6.07) is 0. The van der Waals surface area contributed by atoms with Crippen molar-refractivity contribution in [1.29, 1.82) is 0 Å². The third-order valence-corrected chi connectivity index (χ3v) is 3.91. The predicted molar refractivity (Wildman–Crippen MR) is 111 cm³/mol. The molecule has 0 aromatic carbocycles. The van der Waals surface area contributed by atoms with E-state index in [1.165, 1.54) is 26.4 Å². The quantitative estimate of drug-likeness (QED) is 0.440. The van der Waals surface area contributed by atoms with E-state index in [1.54, 1.807) is 25.5 Å². The second kappa shape index (κ2) is 11.5. The van der Waals surface area contributed by atoms with Gasteiger partial charge in [0.25, 0.3) is 0 Å². The van der Waals surface area contributed by atoms with Crippen LogP contribution in [0.3, 0.4) is 0 Å². The summed E-state index contributed by atoms with van der Waals surface area (Å²) in [6.45, 7) is 8.58. The number of alkyl halides is 1. The number of dihydropyridines is 1. The summed E-state index contributed by atoms with van der Waals surface area (Å²) in [6.07, 6.45) is 11.6. The van der Waals surface area contributed by atoms with Crippen LogP contribution in [-0.2, 0) is 14.3 Å². The lowest BCUT2D eigenvalue weighted by atomic mass is 9.95. The fourth-order valence-corrected chi connectivity index (χ4v) is 2.57. The number of carbonyl (C=O) groups excluding carboxylic acids is 1. The Hall–Kier alpha value is -2.14. The average molecular weight is 395 g/mol. The van der Waals surface area contributed by atoms with Crippen molar-refractivity contribution in [2.45, 2.75) is 38.6 Å². The van der Waals surface area contributed by atoms with Crippen molar-refractivity contribution in [3.8, 4) is 0 Å². The second-order valence-corrected chi connectivity index (χ2v) is 6.56. The lowest BCUT2D eigenvalue weighted by molar-refractivity contribution is -0.135. The normalized spacial score (nSPS) is 20.6. The van der Waals surface area contributed by atoms with Gasteiger partial charge in [-0.05, 0) is 17.7 Å². The first-order valence-corrected chi connectivity index (χ1v) is 9.67. The zero-order valence-corrected chi connectivity index (χ0v) is 17.7. The molecule has 1 N–H and O–H groups in total. The van der Waals surface area contributed by atoms with Crippen molar-refractivity contribution >= 4 is 17.6 Å². The number of rotatable bonds is 3. The number of nitrogens with zero attached hydrogens (tertiary/aromatic N) is 1. The maximum absolute atomic E-state index is 12.2. The van der Waals surface area contributed by atoms with E-state index in [0.29, 0.717) is 23.5 Å². The number of nitrogens with one attached hydrogen (secondary N) is 1. The van der Waals surface area contributed by atoms with Gasteiger partial charge in [-0.25, -0.2) is 4.79 Å². The van der Waals surface area contributed by atoms with Gasteiger partial charge in [0, 0.05) is 37.1 Å². The van der Waals surface area contributed by atoms with Crippen LogP contribution in [-0.4, -0.2) is 44.2 Å². The summed E-state index contributed by atoms with van der Waals surface area (Å²) in [5.74, 6) is 0.169. The van der Waals surface area contributed by atoms with E-state index < -0.39 is 5.97 Å². The van der Waals surface area contributed by atoms with Crippen molar-refractivity contribution in [1.82, 2.24) is 10.2 Å². The first-order valence-electron chi connectivity index (χ1n) is 9.23. The summed E-state index contributed by atoms with van der Waals surface area (Å²) in [5, 5.41) is 2.95. The first-order chi connectivity index (χ1) is 13.0. The van der Waals surface area contributed by atoms with Gasteiger partial charge in [-0.3, -0.25) is 0 Å². The fourth-order valence-electron chi connectivity index (χ4n) is 2.38. The van der Waals surface area contributed by atoms with E-state index in [9.17, 15) is 4.79 Å². The Bertz CT molecular complexity index is 658. The molecule has 1 aliphatic carbocycles. The molecule has 0 aromatic rings. The maximum atomic E-state index is 12.2. The Morgan fingerprint density at radius 2 is 1.89 bits per heavy atom. The first kappa shape index (κ1) is 22.9. The third kappa shape index (κ3) is 7.18. The van der Waals surface area contributed by atoms with Crippen molar-refractivity contribution in [3.05, 3.63) is 59.2 Å². The molecule has 27 heavy (non-hydrogen) atoms. The van der Waals surface area contributed by atoms with Crippen LogP contribution in [0.2, 0.25) is 0 Å². The van der Waals surface area contributed by atoms with Crippen molar-refractivity contribution in [2.75, 3.05) is 27.8 Å². The van der Waals surface area contributed by atoms with E-state index in [-0.39, 0.29) is 5.50 Å². The van der Waals surface area contributed by atoms with Crippen molar-refractivity contribution < 1.29 is 14.3 Å². The van der Waals surface area contributed by atoms with Gasteiger partial charge in [0.2, 0.25) is 0 Å². The average Bonchev–Trinajstić information content (AvgIpc) is 3.54. The highest BCUT2D eigenvalue weighted by Gasteiger charge is 2.26. The molecule has 3 aliphatic rings. The highest BCUT2D eigenvalue weighted by Crippen LogP contribution is 2.32. The summed E-state index contributed by atoms with van der Waals surface area (Å²) in [4.78, 5) is 14.1. The lowest BCUT2D eigenvalue weighted by Crippen LogP contribution is -2.23. The zero-order chi connectivity index (χ0) is 20.4. The molecule has 1 unspecified atom stereocenters. The summed E-state index contributed by atoms with van der Waals surface area (Å²) >= 11 is 6.14. The smallest absolute Gasteiger partial charge is 0.338 e. The fraction of sp³-hybridized carbons (Fsp3) is 0.476. The predicted octanol–water partition coefficient (Wildman–Crippen LogP) is 4.25. The van der Waals surface area contributed by atoms with E-state index >= 15 is 0 Å². The van der Waals surface area contributed by atoms with E-state index in [1.807, 2.05) is 32.0 Å². The van der Waals surface area contributed by atoms with Gasteiger partial charge in [-0.1, -0.05) is 51.3 Å². The molecule has 5 nitrogen and oxygen atoms in total. The van der Waals surface area contributed by atoms with Gasteiger partial charge < -0.3 is 19.7 Å². The lowest BCUT2D eigenvalue weighted by Gasteiger charge is -2.22. The van der Waals surface area contributed by atoms with Crippen LogP contribution in [0.15, 0.2) is 59.2 Å². The SMILES string of the molecule is C1CC1.C=C1C=C(C(=O)OC)C(C2=CC(Cl)NC=C2OC)=CN(C)C1.CC. The molecule has 0 saturated heterocycles. The number of hydrogen-bond acceptors (Lipinski definition) is 5. The number of likely N-dealkylation sites (N-methyl/N-ethyl adjacent to an activating group) is 1. The number of methoxy groups -OCH3 is 2. The highest BCUT2D eigenvalue weighted by molar-refractivity contribution is 6.21. The summed E-state index contributed by atoms with van der Waals surface area (Å²) in [5.41, 5.74) is 2.28. The Morgan fingerprint density at radius 3 is 2.41 bits per heavy atom. The molecule has 0 bridgehead atoms. The molecule has 2 aliphatic heterocycles. The summed E-state index contributed by atoms with van der Waals surface area (Å²) < 4.78 is 10.3. The monoisotopic (exact) mass is 394 g/mol. The molecule has 150 valence electrons. The molecule has 0 amide bonds. The van der Waals surface area contributed by atoms with Crippen LogP contribution in [0.1, 0.15) is 33.1 Å². The maximum Gasteiger partial charge on any atom is 0.338 e. The summed E-state index contributed by atoms with van der Waals surface area (Å²) in [7, 11) is 4.83. The minimum Gasteiger partial charge on any atom is -0.495 e. The largest absolute Gasteiger partial charge is 0.495 e. The molecule has 1 fully saturated rings. The van der Waals surface area contributed by atoms with Crippen LogP contribution >= 0.6 is 11.6 Å². The van der Waals surface area contributed by atoms with Gasteiger partial charge in [0.15, 0.2) is 0 Å². The van der Waals surface area contributed by atoms with Crippen LogP contribution in [0, 0.1) is 0 Å². The molecule has 6 heteroatoms. The standard InChI is InChI=1S/C16H19ClN2O3.C3H6.C2H6/c1-10-5-12(16(20)22-4)13(9-19(2)8-10)11-6-15(17)18-7-14(11)21-3;1-2-3-1;1-2/h5-7,9,15,18H,1,8H2,2-4H3;1-3H2;1-2H3. The number of esters is 1. The Kier molecular flexibility index (Phi) is 9.79. The number of hydrogen-bond donors (Lipinski definition) is 1. The van der Waals surface area contributed by atoms with Crippen LogP contribution < -0.4 is 5.32 Å². The second-order valence-electron chi connectivity index (χ2n) is 6.09. The van der Waals surface area contributed by atoms with Gasteiger partial charge in [-0.15, -0.1) is 0 Å². The number of ether oxygens (including phenoxy) is 2. The van der Waals surface area contributed by atoms with Crippen LogP contribution in [0.5, 0.6) is 0 Å². The van der Waals surface area contributed by atoms with Gasteiger partial charge in [0.1, 0.15) is 11.3 Å². The zero-order valence-electron chi connectivity index (χ0n) is 17.0. The molecule has 2 heterocycles. The van der Waals surface area contributed by atoms with Gasteiger partial charge in [-0.2, -0.15) is 0 Å². The Labute approximate surface area is 168 Å². The van der Waals surface area contributed by atoms with E-state index in [2.05, 4.69) is 11.9 Å². The molecule has 1 saturated carbocycles. The number of allylic oxidation sites excluding steroid dienone is 1. The Balaban J connectivity index is 0.000000643. The van der Waals surface area contributed by atoms with Gasteiger partial charge in [0.05, 0.1) is 19.8 Å². The van der Waals surface area contributed by atoms with Crippen LogP contribution in [0.4, 0.5) is 0 Å². The number of carbonyl (C=O) groups is 1. The third-order valence-electron chi connectivity index (χ3n) is 3.66. The topological polar surface area (TPSA) is 50.8 Å². The molecule has 0 radical (unpaired) electrons. The van der Waals surface area contributed by atoms with E-state index in [4.69, 9.17) is 21.1 Å². The highest BCUT2D eigenvalue weighted by atomic mass is 35.5. The molecular formula is C21H31ClN2O3. The molecule has 0 spiro atoms. The van der Waals surface area contributed by atoms with Crippen molar-refractivity contribution in [3.63, 3.8) is 0 Å². The molecule has 1 atom stereocenters.